The number of nitro benzene ring substituents is 4. The Hall–Kier alpha value is -7.56. The molecule has 0 atom stereocenters. The number of rotatable bonds is 9. The number of hydrogen-bond donors (Lipinski definition) is 2. The van der Waals surface area contributed by atoms with E-state index in [1.54, 1.807) is 24.3 Å². The van der Waals surface area contributed by atoms with Gasteiger partial charge in [-0.15, -0.1) is 0 Å². The number of fused-ring (bicyclic) bond motifs is 2. The van der Waals surface area contributed by atoms with Crippen LogP contribution in [-0.2, 0) is 0 Å². The van der Waals surface area contributed by atoms with Crippen LogP contribution in [0.25, 0.3) is 0 Å². The van der Waals surface area contributed by atoms with Crippen molar-refractivity contribution in [1.29, 1.82) is 0 Å². The number of anilines is 5. The molecule has 0 spiro atoms. The van der Waals surface area contributed by atoms with E-state index in [1.807, 2.05) is 60.4 Å². The first-order valence-electron chi connectivity index (χ1n) is 15.1. The molecule has 0 bridgehead atoms. The van der Waals surface area contributed by atoms with Crippen molar-refractivity contribution in [2.45, 2.75) is 13.3 Å². The van der Waals surface area contributed by atoms with Crippen LogP contribution in [0.1, 0.15) is 23.1 Å². The quantitative estimate of drug-likeness (QED) is 0.111. The third-order valence-corrected chi connectivity index (χ3v) is 7.94. The predicted octanol–water partition coefficient (Wildman–Crippen LogP) is 8.13. The van der Waals surface area contributed by atoms with Crippen LogP contribution in [0.2, 0.25) is 0 Å². The van der Waals surface area contributed by atoms with E-state index < -0.39 is 42.4 Å². The summed E-state index contributed by atoms with van der Waals surface area (Å²) in [4.78, 5) is 45.4. The summed E-state index contributed by atoms with van der Waals surface area (Å²) in [5, 5.41) is 55.6. The van der Waals surface area contributed by atoms with E-state index in [4.69, 9.17) is 0 Å². The second-order valence-corrected chi connectivity index (χ2v) is 11.2. The maximum Gasteiger partial charge on any atom is 0.301 e. The van der Waals surface area contributed by atoms with Crippen LogP contribution in [0.5, 0.6) is 0 Å². The highest BCUT2D eigenvalue weighted by Gasteiger charge is 2.28. The van der Waals surface area contributed by atoms with E-state index in [0.29, 0.717) is 33.9 Å². The molecule has 0 saturated heterocycles. The van der Waals surface area contributed by atoms with Crippen LogP contribution in [0.15, 0.2) is 119 Å². The largest absolute Gasteiger partial charge is 0.309 e. The number of hydrogen-bond acceptors (Lipinski definition) is 13. The molecule has 5 aromatic rings. The van der Waals surface area contributed by atoms with Crippen molar-refractivity contribution < 1.29 is 19.7 Å². The fourth-order valence-electron chi connectivity index (χ4n) is 5.49. The minimum Gasteiger partial charge on any atom is -0.309 e. The molecular weight excluding hydrogens is 662 g/mol. The van der Waals surface area contributed by atoms with Crippen molar-refractivity contribution in [2.75, 3.05) is 15.8 Å². The van der Waals surface area contributed by atoms with Crippen LogP contribution in [-0.4, -0.2) is 31.1 Å². The zero-order chi connectivity index (χ0) is 36.2. The molecule has 5 aromatic carbocycles. The van der Waals surface area contributed by atoms with E-state index in [-0.39, 0.29) is 17.8 Å². The van der Waals surface area contributed by atoms with E-state index in [0.717, 1.165) is 35.5 Å². The average molecular weight is 688 g/mol. The number of nitrogens with one attached hydrogen (secondary N) is 2. The van der Waals surface area contributed by atoms with Crippen molar-refractivity contribution in [3.63, 3.8) is 0 Å². The molecule has 1 heterocycles. The Bertz CT molecular complexity index is 2150. The Morgan fingerprint density at radius 3 is 1.41 bits per heavy atom. The summed E-state index contributed by atoms with van der Waals surface area (Å²) in [6, 6.07) is 28.7. The monoisotopic (exact) mass is 687 g/mol. The second kappa shape index (κ2) is 13.9. The lowest BCUT2D eigenvalue weighted by atomic mass is 9.93. The lowest BCUT2D eigenvalue weighted by molar-refractivity contribution is -0.393. The standard InChI is InChI=1S/C34H25N9O8/c1-21-10-12-22(13-11-21)39-31-8-4-2-6-25(31)29(37-35-27-16-14-23(40(44)45)18-33(27)42(48)49)20-30(26-7-3-5-9-32(26)39)38-36-28-17-15-24(41(46)47)19-34(28)43(50)51/h2-19,35-36H,20H2,1H3/b37-29-,38-30-. The molecule has 0 radical (unpaired) electrons. The molecule has 17 heteroatoms. The molecular formula is C34H25N9O8. The minimum atomic E-state index is -0.759. The average Bonchev–Trinajstić information content (AvgIpc) is 3.12. The van der Waals surface area contributed by atoms with Gasteiger partial charge in [0.1, 0.15) is 11.4 Å². The van der Waals surface area contributed by atoms with Gasteiger partial charge in [-0.2, -0.15) is 10.2 Å². The molecule has 6 rings (SSSR count). The summed E-state index contributed by atoms with van der Waals surface area (Å²) < 4.78 is 0. The number of hydrazone groups is 2. The van der Waals surface area contributed by atoms with E-state index in [1.165, 1.54) is 12.1 Å². The third-order valence-electron chi connectivity index (χ3n) is 7.94. The Morgan fingerprint density at radius 2 is 1.00 bits per heavy atom. The molecule has 0 unspecified atom stereocenters. The van der Waals surface area contributed by atoms with Crippen molar-refractivity contribution in [1.82, 2.24) is 0 Å². The van der Waals surface area contributed by atoms with Crippen LogP contribution in [0.3, 0.4) is 0 Å². The molecule has 51 heavy (non-hydrogen) atoms. The highest BCUT2D eigenvalue weighted by Crippen LogP contribution is 2.42. The molecule has 1 aliphatic heterocycles. The molecule has 0 aromatic heterocycles. The van der Waals surface area contributed by atoms with E-state index in [9.17, 15) is 40.5 Å². The van der Waals surface area contributed by atoms with Gasteiger partial charge in [-0.1, -0.05) is 54.1 Å². The number of nitrogens with zero attached hydrogens (tertiary/aromatic N) is 7. The lowest BCUT2D eigenvalue weighted by Gasteiger charge is -2.32. The summed E-state index contributed by atoms with van der Waals surface area (Å²) in [6.07, 6.45) is -0.0304. The fourth-order valence-corrected chi connectivity index (χ4v) is 5.49. The van der Waals surface area contributed by atoms with Gasteiger partial charge in [0.05, 0.1) is 54.6 Å². The smallest absolute Gasteiger partial charge is 0.301 e. The Morgan fingerprint density at radius 1 is 0.569 bits per heavy atom. The maximum atomic E-state index is 11.9. The molecule has 254 valence electrons. The van der Waals surface area contributed by atoms with Gasteiger partial charge in [0.15, 0.2) is 0 Å². The molecule has 1 aliphatic rings. The number of aryl methyl sites for hydroxylation is 1. The Kier molecular flexibility index (Phi) is 9.08. The van der Waals surface area contributed by atoms with Gasteiger partial charge in [0, 0.05) is 35.4 Å². The van der Waals surface area contributed by atoms with Crippen molar-refractivity contribution in [3.8, 4) is 0 Å². The van der Waals surface area contributed by atoms with Crippen LogP contribution >= 0.6 is 0 Å². The molecule has 0 aliphatic carbocycles. The highest BCUT2D eigenvalue weighted by molar-refractivity contribution is 6.23. The first-order valence-corrected chi connectivity index (χ1v) is 15.1. The summed E-state index contributed by atoms with van der Waals surface area (Å²) in [5.41, 5.74) is 8.22. The number of non-ortho nitro benzene ring substituents is 2. The van der Waals surface area contributed by atoms with Gasteiger partial charge in [0.2, 0.25) is 0 Å². The molecule has 0 amide bonds. The van der Waals surface area contributed by atoms with Crippen LogP contribution < -0.4 is 15.8 Å². The van der Waals surface area contributed by atoms with Crippen LogP contribution in [0, 0.1) is 47.4 Å². The van der Waals surface area contributed by atoms with Gasteiger partial charge < -0.3 is 4.90 Å². The minimum absolute atomic E-state index is 0.0304. The van der Waals surface area contributed by atoms with E-state index >= 15 is 0 Å². The van der Waals surface area contributed by atoms with Crippen molar-refractivity contribution in [3.05, 3.63) is 166 Å². The summed E-state index contributed by atoms with van der Waals surface area (Å²) in [6.45, 7) is 1.96. The predicted molar refractivity (Wildman–Crippen MR) is 190 cm³/mol. The SMILES string of the molecule is Cc1ccc(N2c3ccccc3/C(=N\Nc3ccc([N+](=O)[O-])cc3[N+](=O)[O-])C/C(=N/Nc3ccc([N+](=O)[O-])cc3[N+](=O)[O-])c3ccccc32)cc1. The van der Waals surface area contributed by atoms with Crippen molar-refractivity contribution >= 4 is 62.6 Å². The first kappa shape index (κ1) is 33.3. The van der Waals surface area contributed by atoms with Gasteiger partial charge in [-0.3, -0.25) is 51.3 Å². The lowest BCUT2D eigenvalue weighted by Crippen LogP contribution is -2.24. The van der Waals surface area contributed by atoms with Crippen LogP contribution in [0.4, 0.5) is 51.2 Å². The zero-order valence-corrected chi connectivity index (χ0v) is 26.5. The topological polar surface area (TPSA) is 225 Å². The maximum absolute atomic E-state index is 11.9. The highest BCUT2D eigenvalue weighted by atomic mass is 16.6. The van der Waals surface area contributed by atoms with E-state index in [2.05, 4.69) is 21.1 Å². The van der Waals surface area contributed by atoms with Gasteiger partial charge in [0.25, 0.3) is 11.4 Å². The molecule has 0 fully saturated rings. The molecule has 17 nitrogen and oxygen atoms in total. The number of benzene rings is 5. The van der Waals surface area contributed by atoms with Gasteiger partial charge in [-0.25, -0.2) is 0 Å². The Balaban J connectivity index is 1.55. The zero-order valence-electron chi connectivity index (χ0n) is 26.5. The number of para-hydroxylation sites is 2. The summed E-state index contributed by atoms with van der Waals surface area (Å²) >= 11 is 0. The number of nitro groups is 4. The van der Waals surface area contributed by atoms with Gasteiger partial charge in [-0.05, 0) is 43.3 Å². The van der Waals surface area contributed by atoms with Gasteiger partial charge >= 0.3 is 11.4 Å². The molecule has 2 N–H and O–H groups in total. The molecule has 0 saturated carbocycles. The third kappa shape index (κ3) is 6.88. The summed E-state index contributed by atoms with van der Waals surface area (Å²) in [5.74, 6) is 0. The fraction of sp³-hybridized carbons (Fsp3) is 0.0588. The normalized spacial score (nSPS) is 13.8. The summed E-state index contributed by atoms with van der Waals surface area (Å²) in [7, 11) is 0. The Labute approximate surface area is 287 Å². The first-order chi connectivity index (χ1) is 24.5. The second-order valence-electron chi connectivity index (χ2n) is 11.2. The van der Waals surface area contributed by atoms with Crippen molar-refractivity contribution in [2.24, 2.45) is 10.2 Å².